The van der Waals surface area contributed by atoms with Gasteiger partial charge < -0.3 is 0 Å². The van der Waals surface area contributed by atoms with E-state index in [0.717, 1.165) is 0 Å². The fraction of sp³-hybridized carbons (Fsp3) is 0.300. The number of hydrogen-bond donors (Lipinski definition) is 0. The number of carbonyl (C=O) groups is 1. The molecular formula is C10H7ClN2O. The van der Waals surface area contributed by atoms with E-state index in [1.807, 2.05) is 0 Å². The van der Waals surface area contributed by atoms with Gasteiger partial charge >= 0.3 is 0 Å². The lowest BCUT2D eigenvalue weighted by Gasteiger charge is -2.32. The van der Waals surface area contributed by atoms with Crippen LogP contribution >= 0.6 is 11.6 Å². The Labute approximate surface area is 86.3 Å². The van der Waals surface area contributed by atoms with Gasteiger partial charge in [-0.1, -0.05) is 11.6 Å². The SMILES string of the molecule is N#CC1(c2ccc(Cl)cn2)CC(=O)C1. The van der Waals surface area contributed by atoms with Crippen LogP contribution in [0.3, 0.4) is 0 Å². The molecule has 0 atom stereocenters. The Kier molecular flexibility index (Phi) is 2.01. The Morgan fingerprint density at radius 2 is 2.21 bits per heavy atom. The van der Waals surface area contributed by atoms with Gasteiger partial charge in [0.25, 0.3) is 0 Å². The van der Waals surface area contributed by atoms with Crippen molar-refractivity contribution in [2.45, 2.75) is 18.3 Å². The van der Waals surface area contributed by atoms with Crippen LogP contribution in [0, 0.1) is 11.3 Å². The van der Waals surface area contributed by atoms with Crippen LogP contribution in [0.4, 0.5) is 0 Å². The number of aromatic nitrogens is 1. The van der Waals surface area contributed by atoms with E-state index in [-0.39, 0.29) is 18.6 Å². The summed E-state index contributed by atoms with van der Waals surface area (Å²) in [5.41, 5.74) is -0.0502. The smallest absolute Gasteiger partial charge is 0.136 e. The molecule has 4 heteroatoms. The first-order valence-electron chi connectivity index (χ1n) is 4.21. The number of carbonyl (C=O) groups excluding carboxylic acids is 1. The van der Waals surface area contributed by atoms with Crippen LogP contribution in [0.5, 0.6) is 0 Å². The third-order valence-corrected chi connectivity index (χ3v) is 2.65. The predicted octanol–water partition coefficient (Wildman–Crippen LogP) is 1.86. The molecule has 14 heavy (non-hydrogen) atoms. The molecule has 0 radical (unpaired) electrons. The molecule has 1 aromatic heterocycles. The zero-order chi connectivity index (χ0) is 10.2. The zero-order valence-electron chi connectivity index (χ0n) is 7.33. The fourth-order valence-electron chi connectivity index (χ4n) is 1.60. The highest BCUT2D eigenvalue weighted by atomic mass is 35.5. The summed E-state index contributed by atoms with van der Waals surface area (Å²) in [4.78, 5) is 15.0. The molecular weight excluding hydrogens is 200 g/mol. The van der Waals surface area contributed by atoms with E-state index in [1.165, 1.54) is 6.20 Å². The number of nitriles is 1. The average Bonchev–Trinajstić information content (AvgIpc) is 2.14. The fourth-order valence-corrected chi connectivity index (χ4v) is 1.71. The Hall–Kier alpha value is -1.40. The summed E-state index contributed by atoms with van der Waals surface area (Å²) in [6.45, 7) is 0. The van der Waals surface area contributed by atoms with Gasteiger partial charge in [-0.3, -0.25) is 9.78 Å². The monoisotopic (exact) mass is 206 g/mol. The van der Waals surface area contributed by atoms with E-state index >= 15 is 0 Å². The summed E-state index contributed by atoms with van der Waals surface area (Å²) in [7, 11) is 0. The minimum Gasteiger partial charge on any atom is -0.300 e. The van der Waals surface area contributed by atoms with Gasteiger partial charge in [0.2, 0.25) is 0 Å². The molecule has 0 aromatic carbocycles. The van der Waals surface area contributed by atoms with Crippen molar-refractivity contribution in [1.82, 2.24) is 4.98 Å². The number of halogens is 1. The molecule has 0 N–H and O–H groups in total. The van der Waals surface area contributed by atoms with Gasteiger partial charge in [-0.2, -0.15) is 5.26 Å². The van der Waals surface area contributed by atoms with E-state index in [0.29, 0.717) is 10.7 Å². The van der Waals surface area contributed by atoms with Gasteiger partial charge in [-0.05, 0) is 12.1 Å². The number of nitrogens with zero attached hydrogens (tertiary/aromatic N) is 2. The van der Waals surface area contributed by atoms with E-state index in [1.54, 1.807) is 12.1 Å². The van der Waals surface area contributed by atoms with Crippen molar-refractivity contribution >= 4 is 17.4 Å². The average molecular weight is 207 g/mol. The van der Waals surface area contributed by atoms with E-state index in [9.17, 15) is 4.79 Å². The maximum atomic E-state index is 10.9. The molecule has 1 heterocycles. The molecule has 0 saturated heterocycles. The van der Waals surface area contributed by atoms with Gasteiger partial charge in [0.15, 0.2) is 0 Å². The molecule has 1 fully saturated rings. The maximum Gasteiger partial charge on any atom is 0.136 e. The first-order valence-corrected chi connectivity index (χ1v) is 4.59. The summed E-state index contributed by atoms with van der Waals surface area (Å²) in [5.74, 6) is 0.114. The van der Waals surface area contributed by atoms with Crippen molar-refractivity contribution in [3.63, 3.8) is 0 Å². The minimum atomic E-state index is -0.693. The third kappa shape index (κ3) is 1.28. The lowest BCUT2D eigenvalue weighted by Crippen LogP contribution is -2.40. The third-order valence-electron chi connectivity index (χ3n) is 2.43. The van der Waals surface area contributed by atoms with E-state index in [2.05, 4.69) is 11.1 Å². The Morgan fingerprint density at radius 1 is 1.50 bits per heavy atom. The zero-order valence-corrected chi connectivity index (χ0v) is 8.08. The Morgan fingerprint density at radius 3 is 2.64 bits per heavy atom. The first-order chi connectivity index (χ1) is 6.66. The number of rotatable bonds is 1. The van der Waals surface area contributed by atoms with Crippen molar-refractivity contribution in [3.05, 3.63) is 29.0 Å². The summed E-state index contributed by atoms with van der Waals surface area (Å²) >= 11 is 5.68. The van der Waals surface area contributed by atoms with Gasteiger partial charge in [0, 0.05) is 19.0 Å². The van der Waals surface area contributed by atoms with Crippen LogP contribution in [-0.4, -0.2) is 10.8 Å². The molecule has 1 saturated carbocycles. The largest absolute Gasteiger partial charge is 0.300 e. The standard InChI is InChI=1S/C10H7ClN2O/c11-7-1-2-9(13-5-7)10(6-12)3-8(14)4-10/h1-2,5H,3-4H2. The minimum absolute atomic E-state index is 0.114. The number of pyridine rings is 1. The lowest BCUT2D eigenvalue weighted by atomic mass is 9.67. The molecule has 0 aliphatic heterocycles. The molecule has 0 unspecified atom stereocenters. The Balaban J connectivity index is 2.35. The van der Waals surface area contributed by atoms with Crippen molar-refractivity contribution in [1.29, 1.82) is 5.26 Å². The van der Waals surface area contributed by atoms with Crippen molar-refractivity contribution < 1.29 is 4.79 Å². The van der Waals surface area contributed by atoms with Crippen molar-refractivity contribution in [2.75, 3.05) is 0 Å². The first kappa shape index (κ1) is 9.17. The van der Waals surface area contributed by atoms with E-state index in [4.69, 9.17) is 16.9 Å². The van der Waals surface area contributed by atoms with Crippen molar-refractivity contribution in [2.24, 2.45) is 0 Å². The molecule has 3 nitrogen and oxygen atoms in total. The van der Waals surface area contributed by atoms with Gasteiger partial charge in [-0.15, -0.1) is 0 Å². The normalized spacial score (nSPS) is 18.4. The van der Waals surface area contributed by atoms with Gasteiger partial charge in [-0.25, -0.2) is 0 Å². The topological polar surface area (TPSA) is 53.8 Å². The van der Waals surface area contributed by atoms with Crippen LogP contribution in [0.25, 0.3) is 0 Å². The van der Waals surface area contributed by atoms with Crippen LogP contribution in [-0.2, 0) is 10.2 Å². The quantitative estimate of drug-likeness (QED) is 0.705. The van der Waals surface area contributed by atoms with Crippen LogP contribution in [0.1, 0.15) is 18.5 Å². The highest BCUT2D eigenvalue weighted by molar-refractivity contribution is 6.30. The molecule has 0 spiro atoms. The molecule has 1 aliphatic rings. The summed E-state index contributed by atoms with van der Waals surface area (Å²) in [6.07, 6.45) is 2.05. The highest BCUT2D eigenvalue weighted by Crippen LogP contribution is 2.39. The molecule has 0 amide bonds. The predicted molar refractivity (Wildman–Crippen MR) is 50.8 cm³/mol. The van der Waals surface area contributed by atoms with Crippen LogP contribution in [0.2, 0.25) is 5.02 Å². The molecule has 2 rings (SSSR count). The van der Waals surface area contributed by atoms with Crippen molar-refractivity contribution in [3.8, 4) is 6.07 Å². The summed E-state index contributed by atoms with van der Waals surface area (Å²) in [6, 6.07) is 5.55. The number of Topliss-reactive ketones (excluding diaryl/α,β-unsaturated/α-hetero) is 1. The second-order valence-electron chi connectivity index (χ2n) is 3.45. The summed E-state index contributed by atoms with van der Waals surface area (Å²) < 4.78 is 0. The summed E-state index contributed by atoms with van der Waals surface area (Å²) in [5, 5.41) is 9.54. The molecule has 1 aromatic rings. The van der Waals surface area contributed by atoms with Crippen LogP contribution in [0.15, 0.2) is 18.3 Å². The number of hydrogen-bond acceptors (Lipinski definition) is 3. The maximum absolute atomic E-state index is 10.9. The second-order valence-corrected chi connectivity index (χ2v) is 3.88. The van der Waals surface area contributed by atoms with Crippen LogP contribution < -0.4 is 0 Å². The molecule has 0 bridgehead atoms. The lowest BCUT2D eigenvalue weighted by molar-refractivity contribution is -0.126. The van der Waals surface area contributed by atoms with E-state index < -0.39 is 5.41 Å². The highest BCUT2D eigenvalue weighted by Gasteiger charge is 2.46. The number of ketones is 1. The van der Waals surface area contributed by atoms with Gasteiger partial charge in [0.05, 0.1) is 16.8 Å². The molecule has 70 valence electrons. The van der Waals surface area contributed by atoms with Gasteiger partial charge in [0.1, 0.15) is 11.2 Å². The Bertz CT molecular complexity index is 411. The second kappa shape index (κ2) is 3.07. The molecule has 1 aliphatic carbocycles.